The van der Waals surface area contributed by atoms with Gasteiger partial charge in [-0.05, 0) is 55.4 Å². The maximum atomic E-state index is 5.42. The fraction of sp³-hybridized carbons (Fsp3) is 0.200. The van der Waals surface area contributed by atoms with Crippen molar-refractivity contribution in [2.45, 2.75) is 20.4 Å². The van der Waals surface area contributed by atoms with Gasteiger partial charge in [0.05, 0.1) is 23.3 Å². The van der Waals surface area contributed by atoms with Crippen molar-refractivity contribution in [1.29, 1.82) is 0 Å². The summed E-state index contributed by atoms with van der Waals surface area (Å²) < 4.78 is 2.84. The number of H-pyrrole nitrogens is 1. The van der Waals surface area contributed by atoms with Gasteiger partial charge in [-0.2, -0.15) is 0 Å². The van der Waals surface area contributed by atoms with Gasteiger partial charge >= 0.3 is 0 Å². The Labute approximate surface area is 116 Å². The maximum absolute atomic E-state index is 5.42. The van der Waals surface area contributed by atoms with Crippen LogP contribution >= 0.6 is 12.2 Å². The Balaban J connectivity index is 2.13. The Morgan fingerprint density at radius 1 is 1.26 bits per heavy atom. The largest absolute Gasteiger partial charge is 0.331 e. The monoisotopic (exact) mass is 269 g/mol. The molecule has 19 heavy (non-hydrogen) atoms. The zero-order valence-electron chi connectivity index (χ0n) is 11.0. The number of hydrogen-bond donors (Lipinski definition) is 1. The number of benzene rings is 1. The Bertz CT molecular complexity index is 799. The second-order valence-corrected chi connectivity index (χ2v) is 5.19. The zero-order chi connectivity index (χ0) is 13.4. The third-order valence-corrected chi connectivity index (χ3v) is 3.68. The van der Waals surface area contributed by atoms with Gasteiger partial charge in [0.15, 0.2) is 4.77 Å². The predicted molar refractivity (Wildman–Crippen MR) is 79.9 cm³/mol. The van der Waals surface area contributed by atoms with E-state index < -0.39 is 0 Å². The molecule has 2 aromatic heterocycles. The fourth-order valence-electron chi connectivity index (χ4n) is 2.27. The molecule has 0 fully saturated rings. The van der Waals surface area contributed by atoms with Crippen molar-refractivity contribution in [3.8, 4) is 0 Å². The van der Waals surface area contributed by atoms with Gasteiger partial charge in [0.25, 0.3) is 0 Å². The molecule has 0 radical (unpaired) electrons. The molecule has 4 heteroatoms. The molecule has 0 bridgehead atoms. The lowest BCUT2D eigenvalue weighted by molar-refractivity contribution is 0.778. The molecule has 0 spiro atoms. The number of aromatic amines is 1. The molecule has 0 unspecified atom stereocenters. The van der Waals surface area contributed by atoms with Crippen LogP contribution in [0.1, 0.15) is 16.8 Å². The summed E-state index contributed by atoms with van der Waals surface area (Å²) in [5, 5.41) is 0. The van der Waals surface area contributed by atoms with Crippen LogP contribution in [0.5, 0.6) is 0 Å². The Kier molecular flexibility index (Phi) is 2.95. The molecule has 0 saturated heterocycles. The van der Waals surface area contributed by atoms with Gasteiger partial charge in [-0.25, -0.2) is 0 Å². The number of aromatic nitrogens is 3. The molecular formula is C15H15N3S. The molecular weight excluding hydrogens is 254 g/mol. The van der Waals surface area contributed by atoms with E-state index in [1.807, 2.05) is 12.3 Å². The van der Waals surface area contributed by atoms with Crippen molar-refractivity contribution in [3.63, 3.8) is 0 Å². The van der Waals surface area contributed by atoms with Crippen LogP contribution in [0.25, 0.3) is 11.0 Å². The van der Waals surface area contributed by atoms with E-state index in [1.54, 1.807) is 0 Å². The van der Waals surface area contributed by atoms with E-state index in [0.717, 1.165) is 21.5 Å². The van der Waals surface area contributed by atoms with E-state index in [2.05, 4.69) is 52.6 Å². The molecule has 96 valence electrons. The highest BCUT2D eigenvalue weighted by Crippen LogP contribution is 2.17. The maximum Gasteiger partial charge on any atom is 0.178 e. The third kappa shape index (κ3) is 2.19. The van der Waals surface area contributed by atoms with Crippen LogP contribution in [0.2, 0.25) is 0 Å². The van der Waals surface area contributed by atoms with Gasteiger partial charge in [-0.1, -0.05) is 12.1 Å². The van der Waals surface area contributed by atoms with Crippen LogP contribution in [0.15, 0.2) is 36.5 Å². The fourth-order valence-corrected chi connectivity index (χ4v) is 2.54. The first-order chi connectivity index (χ1) is 9.15. The van der Waals surface area contributed by atoms with Crippen molar-refractivity contribution in [2.24, 2.45) is 0 Å². The van der Waals surface area contributed by atoms with E-state index >= 15 is 0 Å². The number of pyridine rings is 1. The Morgan fingerprint density at radius 2 is 2.11 bits per heavy atom. The van der Waals surface area contributed by atoms with E-state index in [9.17, 15) is 0 Å². The number of imidazole rings is 1. The summed E-state index contributed by atoms with van der Waals surface area (Å²) in [6, 6.07) is 10.4. The minimum atomic E-state index is 0.703. The van der Waals surface area contributed by atoms with Crippen molar-refractivity contribution >= 4 is 23.3 Å². The van der Waals surface area contributed by atoms with Crippen LogP contribution in [-0.2, 0) is 6.54 Å². The molecule has 0 saturated carbocycles. The van der Waals surface area contributed by atoms with Crippen LogP contribution in [0.3, 0.4) is 0 Å². The Hall–Kier alpha value is -1.94. The van der Waals surface area contributed by atoms with Crippen molar-refractivity contribution in [1.82, 2.24) is 14.5 Å². The number of nitrogens with zero attached hydrogens (tertiary/aromatic N) is 2. The topological polar surface area (TPSA) is 33.6 Å². The second-order valence-electron chi connectivity index (χ2n) is 4.80. The summed E-state index contributed by atoms with van der Waals surface area (Å²) >= 11 is 5.42. The van der Waals surface area contributed by atoms with Gasteiger partial charge in [0, 0.05) is 6.20 Å². The summed E-state index contributed by atoms with van der Waals surface area (Å²) in [5.41, 5.74) is 5.68. The normalized spacial score (nSPS) is 11.1. The number of nitrogens with one attached hydrogen (secondary N) is 1. The smallest absolute Gasteiger partial charge is 0.178 e. The van der Waals surface area contributed by atoms with Crippen LogP contribution in [0.4, 0.5) is 0 Å². The zero-order valence-corrected chi connectivity index (χ0v) is 11.8. The molecule has 0 aliphatic heterocycles. The van der Waals surface area contributed by atoms with Gasteiger partial charge in [-0.15, -0.1) is 0 Å². The lowest BCUT2D eigenvalue weighted by atomic mass is 10.2. The molecule has 1 aromatic carbocycles. The average molecular weight is 269 g/mol. The van der Waals surface area contributed by atoms with Crippen molar-refractivity contribution in [2.75, 3.05) is 0 Å². The third-order valence-electron chi connectivity index (χ3n) is 3.36. The van der Waals surface area contributed by atoms with E-state index in [-0.39, 0.29) is 0 Å². The molecule has 0 aliphatic carbocycles. The lowest BCUT2D eigenvalue weighted by Gasteiger charge is -2.06. The molecule has 2 heterocycles. The molecule has 0 atom stereocenters. The first-order valence-corrected chi connectivity index (χ1v) is 6.65. The minimum absolute atomic E-state index is 0.703. The summed E-state index contributed by atoms with van der Waals surface area (Å²) in [6.45, 7) is 4.86. The highest BCUT2D eigenvalue weighted by molar-refractivity contribution is 7.71. The first kappa shape index (κ1) is 12.1. The first-order valence-electron chi connectivity index (χ1n) is 6.25. The summed E-state index contributed by atoms with van der Waals surface area (Å²) in [5.74, 6) is 0. The quantitative estimate of drug-likeness (QED) is 0.719. The number of aryl methyl sites for hydroxylation is 2. The molecule has 1 N–H and O–H groups in total. The SMILES string of the molecule is Cc1ccc2c(c1)[nH]c(=S)n2Cc1ncccc1C. The summed E-state index contributed by atoms with van der Waals surface area (Å²) in [7, 11) is 0. The van der Waals surface area contributed by atoms with E-state index in [1.165, 1.54) is 11.1 Å². The number of fused-ring (bicyclic) bond motifs is 1. The second kappa shape index (κ2) is 4.63. The summed E-state index contributed by atoms with van der Waals surface area (Å²) in [4.78, 5) is 7.70. The summed E-state index contributed by atoms with van der Waals surface area (Å²) in [6.07, 6.45) is 1.82. The highest BCUT2D eigenvalue weighted by Gasteiger charge is 2.07. The molecule has 3 nitrogen and oxygen atoms in total. The van der Waals surface area contributed by atoms with Gasteiger partial charge in [0.1, 0.15) is 0 Å². The Morgan fingerprint density at radius 3 is 2.89 bits per heavy atom. The van der Waals surface area contributed by atoms with Crippen LogP contribution < -0.4 is 0 Å². The van der Waals surface area contributed by atoms with Crippen molar-refractivity contribution < 1.29 is 0 Å². The van der Waals surface area contributed by atoms with E-state index in [0.29, 0.717) is 6.54 Å². The predicted octanol–water partition coefficient (Wildman–Crippen LogP) is 3.76. The number of hydrogen-bond acceptors (Lipinski definition) is 2. The van der Waals surface area contributed by atoms with Crippen LogP contribution in [0, 0.1) is 18.6 Å². The molecule has 3 aromatic rings. The number of rotatable bonds is 2. The van der Waals surface area contributed by atoms with E-state index in [4.69, 9.17) is 12.2 Å². The van der Waals surface area contributed by atoms with Crippen molar-refractivity contribution in [3.05, 3.63) is 58.1 Å². The van der Waals surface area contributed by atoms with Crippen LogP contribution in [-0.4, -0.2) is 14.5 Å². The van der Waals surface area contributed by atoms with Gasteiger partial charge < -0.3 is 9.55 Å². The molecule has 0 amide bonds. The minimum Gasteiger partial charge on any atom is -0.331 e. The molecule has 0 aliphatic rings. The highest BCUT2D eigenvalue weighted by atomic mass is 32.1. The standard InChI is InChI=1S/C15H15N3S/c1-10-5-6-14-12(8-10)17-15(19)18(14)9-13-11(2)4-3-7-16-13/h3-8H,9H2,1-2H3,(H,17,19). The van der Waals surface area contributed by atoms with Gasteiger partial charge in [-0.3, -0.25) is 4.98 Å². The average Bonchev–Trinajstić information content (AvgIpc) is 2.68. The molecule has 3 rings (SSSR count). The van der Waals surface area contributed by atoms with Gasteiger partial charge in [0.2, 0.25) is 0 Å². The lowest BCUT2D eigenvalue weighted by Crippen LogP contribution is -2.03.